The molecule has 0 aliphatic heterocycles. The molecule has 0 fully saturated rings. The van der Waals surface area contributed by atoms with Gasteiger partial charge in [0.25, 0.3) is 0 Å². The molecular formula is C57H35N3O. The van der Waals surface area contributed by atoms with Crippen LogP contribution >= 0.6 is 0 Å². The second-order valence-electron chi connectivity index (χ2n) is 15.5. The number of furan rings is 1. The second kappa shape index (κ2) is 14.3. The largest absolute Gasteiger partial charge is 0.455 e. The summed E-state index contributed by atoms with van der Waals surface area (Å²) in [6, 6.07) is 74.7. The number of hydrogen-bond acceptors (Lipinski definition) is 4. The maximum atomic E-state index is 6.38. The first-order valence-electron chi connectivity index (χ1n) is 20.6. The monoisotopic (exact) mass is 777 g/mol. The molecule has 0 aliphatic carbocycles. The zero-order valence-electron chi connectivity index (χ0n) is 33.0. The molecule has 0 spiro atoms. The Balaban J connectivity index is 0.967. The number of hydrogen-bond donors (Lipinski definition) is 0. The lowest BCUT2D eigenvalue weighted by molar-refractivity contribution is 0.670. The van der Waals surface area contributed by atoms with Crippen molar-refractivity contribution in [2.24, 2.45) is 0 Å². The number of rotatable bonds is 6. The first kappa shape index (κ1) is 34.8. The van der Waals surface area contributed by atoms with E-state index in [-0.39, 0.29) is 0 Å². The van der Waals surface area contributed by atoms with Gasteiger partial charge in [-0.1, -0.05) is 200 Å². The summed E-state index contributed by atoms with van der Waals surface area (Å²) in [6.45, 7) is 0. The predicted molar refractivity (Wildman–Crippen MR) is 252 cm³/mol. The molecule has 4 nitrogen and oxygen atoms in total. The van der Waals surface area contributed by atoms with Crippen LogP contribution in [0, 0.1) is 0 Å². The molecule has 12 aromatic rings. The van der Waals surface area contributed by atoms with E-state index >= 15 is 0 Å². The Morgan fingerprint density at radius 1 is 0.279 bits per heavy atom. The third kappa shape index (κ3) is 6.04. The van der Waals surface area contributed by atoms with Gasteiger partial charge < -0.3 is 4.42 Å². The summed E-state index contributed by atoms with van der Waals surface area (Å²) < 4.78 is 6.38. The molecule has 0 N–H and O–H groups in total. The minimum atomic E-state index is 0.608. The van der Waals surface area contributed by atoms with E-state index in [1.54, 1.807) is 0 Å². The Morgan fingerprint density at radius 2 is 0.787 bits per heavy atom. The summed E-state index contributed by atoms with van der Waals surface area (Å²) in [7, 11) is 0. The first-order valence-corrected chi connectivity index (χ1v) is 20.6. The van der Waals surface area contributed by atoms with Crippen molar-refractivity contribution in [3.05, 3.63) is 212 Å². The Bertz CT molecular complexity index is 3610. The summed E-state index contributed by atoms with van der Waals surface area (Å²) >= 11 is 0. The van der Waals surface area contributed by atoms with E-state index in [1.807, 2.05) is 18.2 Å². The van der Waals surface area contributed by atoms with Gasteiger partial charge in [-0.05, 0) is 72.3 Å². The normalized spacial score (nSPS) is 11.6. The predicted octanol–water partition coefficient (Wildman–Crippen LogP) is 15.2. The van der Waals surface area contributed by atoms with Gasteiger partial charge in [-0.3, -0.25) is 0 Å². The molecule has 2 aromatic heterocycles. The van der Waals surface area contributed by atoms with Crippen molar-refractivity contribution in [2.45, 2.75) is 0 Å². The number of benzene rings is 10. The lowest BCUT2D eigenvalue weighted by Crippen LogP contribution is -2.00. The summed E-state index contributed by atoms with van der Waals surface area (Å²) in [6.07, 6.45) is 0. The molecule has 0 unspecified atom stereocenters. The van der Waals surface area contributed by atoms with E-state index in [0.29, 0.717) is 17.5 Å². The molecule has 10 aromatic carbocycles. The van der Waals surface area contributed by atoms with Crippen molar-refractivity contribution >= 4 is 54.3 Å². The smallest absolute Gasteiger partial charge is 0.164 e. The van der Waals surface area contributed by atoms with E-state index in [4.69, 9.17) is 19.4 Å². The first-order chi connectivity index (χ1) is 30.2. The average Bonchev–Trinajstić information content (AvgIpc) is 3.73. The highest BCUT2D eigenvalue weighted by molar-refractivity contribution is 6.20. The highest BCUT2D eigenvalue weighted by Crippen LogP contribution is 2.41. The quantitative estimate of drug-likeness (QED) is 0.125. The summed E-state index contributed by atoms with van der Waals surface area (Å²) in [5.41, 5.74) is 11.3. The molecule has 0 saturated heterocycles. The molecule has 0 amide bonds. The van der Waals surface area contributed by atoms with Crippen molar-refractivity contribution in [2.75, 3.05) is 0 Å². The van der Waals surface area contributed by atoms with Gasteiger partial charge in [-0.2, -0.15) is 0 Å². The van der Waals surface area contributed by atoms with Crippen LogP contribution in [0.5, 0.6) is 0 Å². The van der Waals surface area contributed by atoms with Crippen molar-refractivity contribution in [1.29, 1.82) is 0 Å². The molecule has 12 rings (SSSR count). The van der Waals surface area contributed by atoms with Crippen LogP contribution in [0.15, 0.2) is 217 Å². The molecule has 0 atom stereocenters. The fourth-order valence-electron chi connectivity index (χ4n) is 8.90. The molecule has 61 heavy (non-hydrogen) atoms. The standard InChI is InChI=1S/C57H35N3O/c1-2-11-36(12-3-1)37-21-27-41(28-22-37)55-58-56(42-29-23-39(24-30-42)47-18-10-19-50-48-17-8-9-20-52(48)61-54(47)50)60-57(59-55)43-31-25-40(26-32-43)53-46-16-7-5-14-44(46)35-51-45-15-6-4-13-38(45)33-34-49(51)53/h1-35H. The van der Waals surface area contributed by atoms with Crippen LogP contribution in [0.2, 0.25) is 0 Å². The van der Waals surface area contributed by atoms with Gasteiger partial charge in [0.2, 0.25) is 0 Å². The Labute approximate surface area is 352 Å². The minimum absolute atomic E-state index is 0.608. The zero-order valence-corrected chi connectivity index (χ0v) is 33.0. The van der Waals surface area contributed by atoms with Gasteiger partial charge in [0, 0.05) is 33.0 Å². The third-order valence-electron chi connectivity index (χ3n) is 11.9. The zero-order chi connectivity index (χ0) is 40.3. The van der Waals surface area contributed by atoms with E-state index in [1.165, 1.54) is 37.9 Å². The molecule has 0 bridgehead atoms. The van der Waals surface area contributed by atoms with Gasteiger partial charge in [0.15, 0.2) is 17.5 Å². The highest BCUT2D eigenvalue weighted by Gasteiger charge is 2.17. The van der Waals surface area contributed by atoms with Crippen LogP contribution in [0.3, 0.4) is 0 Å². The molecule has 0 aliphatic rings. The van der Waals surface area contributed by atoms with E-state index in [0.717, 1.165) is 66.4 Å². The topological polar surface area (TPSA) is 51.8 Å². The summed E-state index contributed by atoms with van der Waals surface area (Å²) in [4.78, 5) is 15.4. The van der Waals surface area contributed by atoms with Gasteiger partial charge >= 0.3 is 0 Å². The maximum Gasteiger partial charge on any atom is 0.164 e. The maximum absolute atomic E-state index is 6.38. The van der Waals surface area contributed by atoms with Gasteiger partial charge in [-0.25, -0.2) is 15.0 Å². The Morgan fingerprint density at radius 3 is 1.48 bits per heavy atom. The van der Waals surface area contributed by atoms with Gasteiger partial charge in [0.1, 0.15) is 11.2 Å². The fraction of sp³-hybridized carbons (Fsp3) is 0. The van der Waals surface area contributed by atoms with E-state index < -0.39 is 0 Å². The van der Waals surface area contributed by atoms with Crippen molar-refractivity contribution < 1.29 is 4.42 Å². The van der Waals surface area contributed by atoms with Crippen LogP contribution in [0.1, 0.15) is 0 Å². The number of nitrogens with zero attached hydrogens (tertiary/aromatic N) is 3. The molecule has 4 heteroatoms. The van der Waals surface area contributed by atoms with Gasteiger partial charge in [0.05, 0.1) is 0 Å². The lowest BCUT2D eigenvalue weighted by atomic mass is 9.89. The Kier molecular flexibility index (Phi) is 8.13. The van der Waals surface area contributed by atoms with Crippen molar-refractivity contribution in [1.82, 2.24) is 15.0 Å². The van der Waals surface area contributed by atoms with Crippen molar-refractivity contribution in [3.63, 3.8) is 0 Å². The lowest BCUT2D eigenvalue weighted by Gasteiger charge is -2.14. The summed E-state index contributed by atoms with van der Waals surface area (Å²) in [5.74, 6) is 1.84. The average molecular weight is 778 g/mol. The van der Waals surface area contributed by atoms with Crippen LogP contribution in [0.4, 0.5) is 0 Å². The molecule has 0 radical (unpaired) electrons. The van der Waals surface area contributed by atoms with Crippen LogP contribution in [-0.4, -0.2) is 15.0 Å². The Hall–Kier alpha value is -8.21. The van der Waals surface area contributed by atoms with Crippen molar-refractivity contribution in [3.8, 4) is 67.5 Å². The molecule has 284 valence electrons. The highest BCUT2D eigenvalue weighted by atomic mass is 16.3. The van der Waals surface area contributed by atoms with Crippen LogP contribution < -0.4 is 0 Å². The molecular weight excluding hydrogens is 743 g/mol. The number of para-hydroxylation sites is 2. The SMILES string of the molecule is c1ccc(-c2ccc(-c3nc(-c4ccc(-c5c6ccccc6cc6c5ccc5ccccc56)cc4)nc(-c4ccc(-c5cccc6c5oc5ccccc56)cc4)n3)cc2)cc1. The van der Waals surface area contributed by atoms with Crippen LogP contribution in [-0.2, 0) is 0 Å². The third-order valence-corrected chi connectivity index (χ3v) is 11.9. The minimum Gasteiger partial charge on any atom is -0.455 e. The molecule has 0 saturated carbocycles. The van der Waals surface area contributed by atoms with E-state index in [2.05, 4.69) is 194 Å². The molecule has 2 heterocycles. The number of fused-ring (bicyclic) bond motifs is 7. The van der Waals surface area contributed by atoms with E-state index in [9.17, 15) is 0 Å². The fourth-order valence-corrected chi connectivity index (χ4v) is 8.90. The summed E-state index contributed by atoms with van der Waals surface area (Å²) in [5, 5.41) is 9.64. The van der Waals surface area contributed by atoms with Crippen LogP contribution in [0.25, 0.3) is 122 Å². The van der Waals surface area contributed by atoms with Gasteiger partial charge in [-0.15, -0.1) is 0 Å². The number of aromatic nitrogens is 3. The second-order valence-corrected chi connectivity index (χ2v) is 15.5.